The van der Waals surface area contributed by atoms with Gasteiger partial charge < -0.3 is 0 Å². The zero-order valence-electron chi connectivity index (χ0n) is 11.4. The van der Waals surface area contributed by atoms with Crippen molar-refractivity contribution in [2.45, 2.75) is 18.8 Å². The smallest absolute Gasteiger partial charge is 0.230 e. The number of fused-ring (bicyclic) bond motifs is 3. The number of imide groups is 1. The van der Waals surface area contributed by atoms with Crippen LogP contribution in [0.3, 0.4) is 0 Å². The van der Waals surface area contributed by atoms with Crippen LogP contribution < -0.4 is 5.32 Å². The van der Waals surface area contributed by atoms with Crippen molar-refractivity contribution >= 4 is 11.8 Å². The fraction of sp³-hybridized carbons (Fsp3) is 0.235. The second-order valence-electron chi connectivity index (χ2n) is 5.56. The summed E-state index contributed by atoms with van der Waals surface area (Å²) >= 11 is 0. The molecule has 2 atom stereocenters. The molecule has 2 unspecified atom stereocenters. The van der Waals surface area contributed by atoms with E-state index >= 15 is 0 Å². The number of aromatic nitrogens is 1. The van der Waals surface area contributed by atoms with E-state index in [1.54, 1.807) is 6.20 Å². The predicted molar refractivity (Wildman–Crippen MR) is 77.4 cm³/mol. The quantitative estimate of drug-likeness (QED) is 0.814. The van der Waals surface area contributed by atoms with Gasteiger partial charge in [-0.1, -0.05) is 30.3 Å². The Morgan fingerprint density at radius 1 is 1.05 bits per heavy atom. The molecule has 2 heterocycles. The van der Waals surface area contributed by atoms with E-state index in [9.17, 15) is 9.59 Å². The van der Waals surface area contributed by atoms with Gasteiger partial charge in [0, 0.05) is 24.1 Å². The summed E-state index contributed by atoms with van der Waals surface area (Å²) in [6.45, 7) is 0. The molecule has 104 valence electrons. The summed E-state index contributed by atoms with van der Waals surface area (Å²) in [5.41, 5.74) is 4.34. The zero-order chi connectivity index (χ0) is 14.4. The molecule has 21 heavy (non-hydrogen) atoms. The fourth-order valence-electron chi connectivity index (χ4n) is 3.49. The molecule has 4 nitrogen and oxygen atoms in total. The number of rotatable bonds is 1. The maximum Gasteiger partial charge on any atom is 0.230 e. The number of carbonyl (C=O) groups is 2. The molecule has 4 rings (SSSR count). The standard InChI is InChI=1S/C17H14N2O2/c20-14-8-7-13(17(21)19-14)15-11-5-2-1-4-10(11)12-6-3-9-18-16(12)15/h1-6,9,13,15H,7-8H2,(H,19,20,21). The van der Waals surface area contributed by atoms with Gasteiger partial charge in [0.25, 0.3) is 0 Å². The van der Waals surface area contributed by atoms with Crippen LogP contribution in [0.4, 0.5) is 0 Å². The maximum atomic E-state index is 12.3. The molecule has 0 bridgehead atoms. The van der Waals surface area contributed by atoms with E-state index in [4.69, 9.17) is 0 Å². The van der Waals surface area contributed by atoms with Gasteiger partial charge in [-0.2, -0.15) is 0 Å². The Labute approximate surface area is 122 Å². The van der Waals surface area contributed by atoms with Crippen LogP contribution >= 0.6 is 0 Å². The van der Waals surface area contributed by atoms with Crippen LogP contribution in [0.5, 0.6) is 0 Å². The summed E-state index contributed by atoms with van der Waals surface area (Å²) in [6, 6.07) is 12.1. The van der Waals surface area contributed by atoms with Crippen LogP contribution in [0.2, 0.25) is 0 Å². The third kappa shape index (κ3) is 1.79. The molecule has 0 spiro atoms. The molecule has 1 N–H and O–H groups in total. The number of hydrogen-bond donors (Lipinski definition) is 1. The number of pyridine rings is 1. The lowest BCUT2D eigenvalue weighted by atomic mass is 9.81. The van der Waals surface area contributed by atoms with E-state index in [1.165, 1.54) is 0 Å². The first-order valence-electron chi connectivity index (χ1n) is 7.13. The number of nitrogens with one attached hydrogen (secondary N) is 1. The van der Waals surface area contributed by atoms with E-state index in [1.807, 2.05) is 24.3 Å². The molecule has 1 fully saturated rings. The van der Waals surface area contributed by atoms with Gasteiger partial charge in [0.1, 0.15) is 0 Å². The van der Waals surface area contributed by atoms with Crippen LogP contribution in [-0.2, 0) is 9.59 Å². The molecule has 1 aliphatic carbocycles. The van der Waals surface area contributed by atoms with E-state index in [0.717, 1.165) is 22.4 Å². The molecule has 0 saturated carbocycles. The van der Waals surface area contributed by atoms with Crippen LogP contribution in [0, 0.1) is 5.92 Å². The van der Waals surface area contributed by atoms with E-state index < -0.39 is 0 Å². The highest BCUT2D eigenvalue weighted by molar-refractivity contribution is 5.99. The third-order valence-electron chi connectivity index (χ3n) is 4.40. The molecule has 4 heteroatoms. The Bertz CT molecular complexity index is 708. The lowest BCUT2D eigenvalue weighted by Crippen LogP contribution is -2.43. The summed E-state index contributed by atoms with van der Waals surface area (Å²) in [6.07, 6.45) is 2.75. The Balaban J connectivity index is 1.85. The van der Waals surface area contributed by atoms with Crippen molar-refractivity contribution in [1.82, 2.24) is 10.3 Å². The molecular formula is C17H14N2O2. The Hall–Kier alpha value is -2.49. The van der Waals surface area contributed by atoms with Crippen molar-refractivity contribution in [2.75, 3.05) is 0 Å². The van der Waals surface area contributed by atoms with Crippen molar-refractivity contribution in [2.24, 2.45) is 5.92 Å². The van der Waals surface area contributed by atoms with Gasteiger partial charge >= 0.3 is 0 Å². The minimum Gasteiger partial charge on any atom is -0.296 e. The van der Waals surface area contributed by atoms with E-state index in [0.29, 0.717) is 12.8 Å². The van der Waals surface area contributed by atoms with Gasteiger partial charge in [0.2, 0.25) is 11.8 Å². The zero-order valence-corrected chi connectivity index (χ0v) is 11.4. The van der Waals surface area contributed by atoms with Gasteiger partial charge in [-0.05, 0) is 23.6 Å². The lowest BCUT2D eigenvalue weighted by molar-refractivity contribution is -0.136. The summed E-state index contributed by atoms with van der Waals surface area (Å²) in [5, 5.41) is 2.46. The largest absolute Gasteiger partial charge is 0.296 e. The minimum absolute atomic E-state index is 0.0505. The van der Waals surface area contributed by atoms with Crippen LogP contribution in [0.25, 0.3) is 11.1 Å². The number of nitrogens with zero attached hydrogens (tertiary/aromatic N) is 1. The van der Waals surface area contributed by atoms with Crippen LogP contribution in [0.15, 0.2) is 42.6 Å². The molecule has 2 aliphatic rings. The van der Waals surface area contributed by atoms with Crippen molar-refractivity contribution in [3.63, 3.8) is 0 Å². The number of amides is 2. The van der Waals surface area contributed by atoms with Crippen molar-refractivity contribution in [3.8, 4) is 11.1 Å². The molecule has 1 aromatic heterocycles. The molecular weight excluding hydrogens is 264 g/mol. The fourth-order valence-corrected chi connectivity index (χ4v) is 3.49. The third-order valence-corrected chi connectivity index (χ3v) is 4.40. The van der Waals surface area contributed by atoms with Gasteiger partial charge in [-0.15, -0.1) is 0 Å². The van der Waals surface area contributed by atoms with Crippen LogP contribution in [-0.4, -0.2) is 16.8 Å². The summed E-state index contributed by atoms with van der Waals surface area (Å²) in [4.78, 5) is 28.1. The Morgan fingerprint density at radius 3 is 2.71 bits per heavy atom. The highest BCUT2D eigenvalue weighted by Gasteiger charge is 2.41. The summed E-state index contributed by atoms with van der Waals surface area (Å²) < 4.78 is 0. The SMILES string of the molecule is O=C1CCC(C2c3ccccc3-c3cccnc32)C(=O)N1. The van der Waals surface area contributed by atoms with Gasteiger partial charge in [-0.25, -0.2) is 0 Å². The van der Waals surface area contributed by atoms with E-state index in [-0.39, 0.29) is 23.7 Å². The molecule has 2 aromatic rings. The first-order chi connectivity index (χ1) is 10.3. The minimum atomic E-state index is -0.222. The van der Waals surface area contributed by atoms with Gasteiger partial charge in [0.05, 0.1) is 11.6 Å². The topological polar surface area (TPSA) is 59.1 Å². The summed E-state index contributed by atoms with van der Waals surface area (Å²) in [5.74, 6) is -0.626. The Morgan fingerprint density at radius 2 is 1.86 bits per heavy atom. The second-order valence-corrected chi connectivity index (χ2v) is 5.56. The normalized spacial score (nSPS) is 23.4. The average Bonchev–Trinajstić information content (AvgIpc) is 2.82. The number of piperidine rings is 1. The highest BCUT2D eigenvalue weighted by atomic mass is 16.2. The predicted octanol–water partition coefficient (Wildman–Crippen LogP) is 2.25. The van der Waals surface area contributed by atoms with Crippen molar-refractivity contribution in [1.29, 1.82) is 0 Å². The molecule has 1 aromatic carbocycles. The molecule has 0 radical (unpaired) electrons. The van der Waals surface area contributed by atoms with E-state index in [2.05, 4.69) is 22.4 Å². The number of hydrogen-bond acceptors (Lipinski definition) is 3. The second kappa shape index (κ2) is 4.52. The molecule has 1 aliphatic heterocycles. The first-order valence-corrected chi connectivity index (χ1v) is 7.13. The van der Waals surface area contributed by atoms with Gasteiger partial charge in [-0.3, -0.25) is 19.9 Å². The van der Waals surface area contributed by atoms with Gasteiger partial charge in [0.15, 0.2) is 0 Å². The lowest BCUT2D eigenvalue weighted by Gasteiger charge is -2.26. The molecule has 2 amide bonds. The van der Waals surface area contributed by atoms with Crippen molar-refractivity contribution in [3.05, 3.63) is 53.9 Å². The Kier molecular flexibility index (Phi) is 2.64. The number of benzene rings is 1. The molecule has 1 saturated heterocycles. The number of carbonyl (C=O) groups excluding carboxylic acids is 2. The average molecular weight is 278 g/mol. The summed E-state index contributed by atoms with van der Waals surface area (Å²) in [7, 11) is 0. The highest BCUT2D eigenvalue weighted by Crippen LogP contribution is 2.48. The van der Waals surface area contributed by atoms with Crippen LogP contribution in [0.1, 0.15) is 30.0 Å². The maximum absolute atomic E-state index is 12.3. The van der Waals surface area contributed by atoms with Crippen molar-refractivity contribution < 1.29 is 9.59 Å². The monoisotopic (exact) mass is 278 g/mol. The first kappa shape index (κ1) is 12.3.